The SMILES string of the molecule is CC(C)(C)NS(=O)(=O)c1cc(Br)cc(NC(=O)c2ccc(N3C(=O)OCC3(C)C)nc2N2CCC3(CC2)CC3)c1. The molecular weight excluding hydrogens is 598 g/mol. The predicted molar refractivity (Wildman–Crippen MR) is 157 cm³/mol. The molecule has 2 saturated heterocycles. The van der Waals surface area contributed by atoms with Crippen molar-refractivity contribution in [1.82, 2.24) is 9.71 Å². The Kier molecular flexibility index (Phi) is 7.19. The Balaban J connectivity index is 1.47. The van der Waals surface area contributed by atoms with E-state index in [0.717, 1.165) is 25.9 Å². The maximum atomic E-state index is 13.7. The molecule has 216 valence electrons. The van der Waals surface area contributed by atoms with Crippen LogP contribution in [0.5, 0.6) is 0 Å². The minimum absolute atomic E-state index is 0.0290. The van der Waals surface area contributed by atoms with Crippen molar-refractivity contribution in [2.24, 2.45) is 5.41 Å². The van der Waals surface area contributed by atoms with Crippen molar-refractivity contribution in [3.05, 3.63) is 40.4 Å². The second-order valence-electron chi connectivity index (χ2n) is 12.7. The van der Waals surface area contributed by atoms with Gasteiger partial charge in [0.15, 0.2) is 0 Å². The monoisotopic (exact) mass is 633 g/mol. The van der Waals surface area contributed by atoms with Gasteiger partial charge in [-0.1, -0.05) is 15.9 Å². The number of rotatable bonds is 6. The van der Waals surface area contributed by atoms with E-state index >= 15 is 0 Å². The van der Waals surface area contributed by atoms with Crippen LogP contribution in [-0.4, -0.2) is 56.2 Å². The summed E-state index contributed by atoms with van der Waals surface area (Å²) in [6, 6.07) is 7.90. The maximum absolute atomic E-state index is 13.7. The molecule has 2 aromatic rings. The first-order chi connectivity index (χ1) is 18.6. The molecule has 3 fully saturated rings. The summed E-state index contributed by atoms with van der Waals surface area (Å²) in [5, 5.41) is 2.86. The first kappa shape index (κ1) is 28.8. The van der Waals surface area contributed by atoms with Crippen molar-refractivity contribution in [3.8, 4) is 0 Å². The van der Waals surface area contributed by atoms with Gasteiger partial charge in [-0.2, -0.15) is 0 Å². The number of cyclic esters (lactones) is 1. The number of hydrogen-bond donors (Lipinski definition) is 2. The summed E-state index contributed by atoms with van der Waals surface area (Å²) in [6.45, 7) is 10.9. The Morgan fingerprint density at radius 2 is 1.75 bits per heavy atom. The fraction of sp³-hybridized carbons (Fsp3) is 0.536. The number of ether oxygens (including phenoxy) is 1. The Morgan fingerprint density at radius 1 is 1.07 bits per heavy atom. The number of sulfonamides is 1. The molecule has 1 spiro atoms. The number of hydrogen-bond acceptors (Lipinski definition) is 7. The number of nitrogens with one attached hydrogen (secondary N) is 2. The van der Waals surface area contributed by atoms with Crippen LogP contribution < -0.4 is 19.8 Å². The van der Waals surface area contributed by atoms with Crippen LogP contribution in [0.2, 0.25) is 0 Å². The van der Waals surface area contributed by atoms with E-state index < -0.39 is 33.1 Å². The highest BCUT2D eigenvalue weighted by Gasteiger charge is 2.46. The Bertz CT molecular complexity index is 1460. The first-order valence-corrected chi connectivity index (χ1v) is 15.7. The quantitative estimate of drug-likeness (QED) is 0.443. The first-order valence-electron chi connectivity index (χ1n) is 13.5. The molecule has 3 heterocycles. The second kappa shape index (κ2) is 9.99. The fourth-order valence-corrected chi connectivity index (χ4v) is 7.45. The van der Waals surface area contributed by atoms with Gasteiger partial charge in [0.2, 0.25) is 10.0 Å². The summed E-state index contributed by atoms with van der Waals surface area (Å²) in [4.78, 5) is 34.8. The Morgan fingerprint density at radius 3 is 2.33 bits per heavy atom. The van der Waals surface area contributed by atoms with Gasteiger partial charge in [-0.15, -0.1) is 0 Å². The minimum atomic E-state index is -3.83. The van der Waals surface area contributed by atoms with Gasteiger partial charge in [-0.25, -0.2) is 22.9 Å². The molecule has 0 radical (unpaired) electrons. The third-order valence-electron chi connectivity index (χ3n) is 7.63. The van der Waals surface area contributed by atoms with Crippen LogP contribution in [0.4, 0.5) is 22.1 Å². The van der Waals surface area contributed by atoms with E-state index in [2.05, 4.69) is 30.9 Å². The molecule has 40 heavy (non-hydrogen) atoms. The van der Waals surface area contributed by atoms with Crippen molar-refractivity contribution >= 4 is 55.3 Å². The van der Waals surface area contributed by atoms with Crippen molar-refractivity contribution in [2.75, 3.05) is 34.8 Å². The number of aromatic nitrogens is 1. The molecule has 2 aliphatic heterocycles. The summed E-state index contributed by atoms with van der Waals surface area (Å²) in [7, 11) is -3.83. The van der Waals surface area contributed by atoms with E-state index in [0.29, 0.717) is 32.8 Å². The van der Waals surface area contributed by atoms with Gasteiger partial charge in [0.25, 0.3) is 5.91 Å². The van der Waals surface area contributed by atoms with Crippen LogP contribution >= 0.6 is 15.9 Å². The van der Waals surface area contributed by atoms with E-state index in [4.69, 9.17) is 9.72 Å². The number of benzene rings is 1. The number of piperidine rings is 1. The number of halogens is 1. The summed E-state index contributed by atoms with van der Waals surface area (Å²) in [5.74, 6) is 0.502. The van der Waals surface area contributed by atoms with Gasteiger partial charge in [0.05, 0.1) is 16.0 Å². The molecule has 3 aliphatic rings. The molecule has 0 unspecified atom stereocenters. The summed E-state index contributed by atoms with van der Waals surface area (Å²) >= 11 is 3.37. The number of anilines is 3. The minimum Gasteiger partial charge on any atom is -0.447 e. The molecule has 1 aliphatic carbocycles. The van der Waals surface area contributed by atoms with E-state index in [1.54, 1.807) is 39.0 Å². The molecule has 5 rings (SSSR count). The van der Waals surface area contributed by atoms with Gasteiger partial charge in [-0.05, 0) is 96.0 Å². The Labute approximate surface area is 244 Å². The standard InChI is InChI=1S/C28H36BrN5O5S/c1-26(2,3)32-40(37,38)20-15-18(29)14-19(16-20)30-24(35)21-6-7-22(34-25(36)39-17-27(34,4)5)31-23(21)33-12-10-28(8-9-28)11-13-33/h6-7,14-16,32H,8-13,17H2,1-5H3,(H,30,35). The van der Waals surface area contributed by atoms with Gasteiger partial charge >= 0.3 is 6.09 Å². The van der Waals surface area contributed by atoms with Gasteiger partial charge in [0.1, 0.15) is 18.2 Å². The highest BCUT2D eigenvalue weighted by Crippen LogP contribution is 2.54. The fourth-order valence-electron chi connectivity index (χ4n) is 5.32. The summed E-state index contributed by atoms with van der Waals surface area (Å²) < 4.78 is 34.4. The van der Waals surface area contributed by atoms with Gasteiger partial charge in [-0.3, -0.25) is 9.69 Å². The zero-order valence-electron chi connectivity index (χ0n) is 23.5. The lowest BCUT2D eigenvalue weighted by Gasteiger charge is -2.35. The van der Waals surface area contributed by atoms with Crippen LogP contribution in [0.25, 0.3) is 0 Å². The van der Waals surface area contributed by atoms with Crippen LogP contribution in [0.15, 0.2) is 39.7 Å². The molecular formula is C28H36BrN5O5S. The van der Waals surface area contributed by atoms with Crippen LogP contribution in [0, 0.1) is 5.41 Å². The smallest absolute Gasteiger partial charge is 0.416 e. The van der Waals surface area contributed by atoms with Crippen molar-refractivity contribution in [1.29, 1.82) is 0 Å². The molecule has 2 N–H and O–H groups in total. The van der Waals surface area contributed by atoms with Crippen LogP contribution in [0.1, 0.15) is 70.7 Å². The van der Waals surface area contributed by atoms with Gasteiger partial charge in [0, 0.05) is 28.8 Å². The molecule has 12 heteroatoms. The predicted octanol–water partition coefficient (Wildman–Crippen LogP) is 5.29. The van der Waals surface area contributed by atoms with Gasteiger partial charge < -0.3 is 15.0 Å². The lowest BCUT2D eigenvalue weighted by molar-refractivity contribution is 0.102. The highest BCUT2D eigenvalue weighted by molar-refractivity contribution is 9.10. The largest absolute Gasteiger partial charge is 0.447 e. The number of carbonyl (C=O) groups is 2. The third kappa shape index (κ3) is 5.99. The highest BCUT2D eigenvalue weighted by atomic mass is 79.9. The van der Waals surface area contributed by atoms with E-state index in [-0.39, 0.29) is 11.5 Å². The molecule has 1 aromatic carbocycles. The third-order valence-corrected chi connectivity index (χ3v) is 9.83. The molecule has 10 nitrogen and oxygen atoms in total. The molecule has 1 aromatic heterocycles. The second-order valence-corrected chi connectivity index (χ2v) is 15.3. The van der Waals surface area contributed by atoms with Crippen LogP contribution in [-0.2, 0) is 14.8 Å². The van der Waals surface area contributed by atoms with Crippen molar-refractivity contribution in [2.45, 2.75) is 76.3 Å². The zero-order chi connectivity index (χ0) is 29.1. The van der Waals surface area contributed by atoms with E-state index in [9.17, 15) is 18.0 Å². The van der Waals surface area contributed by atoms with E-state index in [1.807, 2.05) is 13.8 Å². The zero-order valence-corrected chi connectivity index (χ0v) is 25.9. The van der Waals surface area contributed by atoms with Crippen molar-refractivity contribution < 1.29 is 22.7 Å². The molecule has 1 saturated carbocycles. The number of nitrogens with zero attached hydrogens (tertiary/aromatic N) is 3. The normalized spacial score (nSPS) is 20.0. The maximum Gasteiger partial charge on any atom is 0.416 e. The summed E-state index contributed by atoms with van der Waals surface area (Å²) in [5.41, 5.74) is -0.154. The number of carbonyl (C=O) groups excluding carboxylic acids is 2. The summed E-state index contributed by atoms with van der Waals surface area (Å²) in [6.07, 6.45) is 4.08. The average molecular weight is 635 g/mol. The topological polar surface area (TPSA) is 121 Å². The van der Waals surface area contributed by atoms with E-state index in [1.165, 1.54) is 29.9 Å². The number of pyridine rings is 1. The lowest BCUT2D eigenvalue weighted by Crippen LogP contribution is -2.43. The van der Waals surface area contributed by atoms with Crippen LogP contribution in [0.3, 0.4) is 0 Å². The molecule has 2 amide bonds. The lowest BCUT2D eigenvalue weighted by atomic mass is 9.93. The Hall–Kier alpha value is -2.70. The number of amides is 2. The van der Waals surface area contributed by atoms with Crippen molar-refractivity contribution in [3.63, 3.8) is 0 Å². The molecule has 0 bridgehead atoms. The molecule has 0 atom stereocenters. The average Bonchev–Trinajstić information content (AvgIpc) is 3.53.